The summed E-state index contributed by atoms with van der Waals surface area (Å²) < 4.78 is 38.2. The van der Waals surface area contributed by atoms with Crippen molar-refractivity contribution in [3.63, 3.8) is 0 Å². The predicted octanol–water partition coefficient (Wildman–Crippen LogP) is 1.79. The maximum absolute atomic E-state index is 12.9. The summed E-state index contributed by atoms with van der Waals surface area (Å²) >= 11 is 0. The van der Waals surface area contributed by atoms with Crippen molar-refractivity contribution in [2.24, 2.45) is 0 Å². The fraction of sp³-hybridized carbons (Fsp3) is 0.300. The number of benzene rings is 1. The highest BCUT2D eigenvalue weighted by Gasteiger charge is 2.20. The van der Waals surface area contributed by atoms with Crippen LogP contribution in [-0.4, -0.2) is 13.7 Å². The van der Waals surface area contributed by atoms with Gasteiger partial charge in [0.25, 0.3) is 0 Å². The van der Waals surface area contributed by atoms with E-state index < -0.39 is 21.1 Å². The van der Waals surface area contributed by atoms with E-state index in [0.29, 0.717) is 5.56 Å². The van der Waals surface area contributed by atoms with E-state index in [0.717, 1.165) is 6.07 Å². The fourth-order valence-corrected chi connectivity index (χ4v) is 1.86. The second-order valence-corrected chi connectivity index (χ2v) is 5.38. The first-order valence-electron chi connectivity index (χ1n) is 4.54. The zero-order chi connectivity index (χ0) is 12.3. The third-order valence-corrected chi connectivity index (χ3v) is 3.64. The maximum Gasteiger partial charge on any atom is 0.248 e. The molecule has 0 fully saturated rings. The van der Waals surface area contributed by atoms with Gasteiger partial charge >= 0.3 is 0 Å². The minimum Gasteiger partial charge on any atom is -0.282 e. The first kappa shape index (κ1) is 12.5. The molecule has 0 spiro atoms. The Morgan fingerprint density at radius 2 is 2.12 bits per heavy atom. The van der Waals surface area contributed by atoms with Gasteiger partial charge in [-0.15, -0.1) is 0 Å². The number of anilines is 1. The van der Waals surface area contributed by atoms with Gasteiger partial charge in [-0.2, -0.15) is 5.26 Å². The van der Waals surface area contributed by atoms with Gasteiger partial charge in [0.15, 0.2) is 5.25 Å². The molecule has 4 nitrogen and oxygen atoms in total. The summed E-state index contributed by atoms with van der Waals surface area (Å²) in [5, 5.41) is 7.34. The minimum atomic E-state index is -3.78. The number of aryl methyl sites for hydroxylation is 1. The molecule has 1 N–H and O–H groups in total. The molecule has 6 heteroatoms. The van der Waals surface area contributed by atoms with Crippen LogP contribution in [0.5, 0.6) is 0 Å². The Hall–Kier alpha value is -1.61. The number of sulfonamides is 1. The second kappa shape index (κ2) is 4.49. The molecular weight excluding hydrogens is 231 g/mol. The van der Waals surface area contributed by atoms with E-state index in [-0.39, 0.29) is 5.69 Å². The number of halogens is 1. The lowest BCUT2D eigenvalue weighted by Gasteiger charge is -2.11. The number of nitrogens with one attached hydrogen (secondary N) is 1. The molecule has 0 saturated carbocycles. The van der Waals surface area contributed by atoms with Crippen LogP contribution < -0.4 is 4.72 Å². The van der Waals surface area contributed by atoms with Crippen LogP contribution in [0.2, 0.25) is 0 Å². The van der Waals surface area contributed by atoms with E-state index in [4.69, 9.17) is 5.26 Å². The van der Waals surface area contributed by atoms with Crippen LogP contribution in [0.1, 0.15) is 12.5 Å². The average Bonchev–Trinajstić information content (AvgIpc) is 2.22. The summed E-state index contributed by atoms with van der Waals surface area (Å²) in [4.78, 5) is 0. The van der Waals surface area contributed by atoms with Gasteiger partial charge in [-0.3, -0.25) is 4.72 Å². The molecule has 1 aromatic rings. The normalized spacial score (nSPS) is 12.9. The molecule has 1 atom stereocenters. The molecule has 1 unspecified atom stereocenters. The Bertz CT molecular complexity index is 534. The summed E-state index contributed by atoms with van der Waals surface area (Å²) in [7, 11) is -3.78. The zero-order valence-corrected chi connectivity index (χ0v) is 9.68. The van der Waals surface area contributed by atoms with Gasteiger partial charge in [0, 0.05) is 0 Å². The maximum atomic E-state index is 12.9. The van der Waals surface area contributed by atoms with Crippen LogP contribution in [0.15, 0.2) is 18.2 Å². The highest BCUT2D eigenvalue weighted by atomic mass is 32.2. The summed E-state index contributed by atoms with van der Waals surface area (Å²) in [5.41, 5.74) is 0.747. The molecule has 1 rings (SSSR count). The summed E-state index contributed by atoms with van der Waals surface area (Å²) in [6, 6.07) is 5.40. The van der Waals surface area contributed by atoms with Gasteiger partial charge in [0.1, 0.15) is 5.82 Å². The predicted molar refractivity (Wildman–Crippen MR) is 58.8 cm³/mol. The fourth-order valence-electron chi connectivity index (χ4n) is 1.02. The third kappa shape index (κ3) is 2.70. The summed E-state index contributed by atoms with van der Waals surface area (Å²) in [6.07, 6.45) is 0. The molecule has 86 valence electrons. The van der Waals surface area contributed by atoms with Crippen LogP contribution >= 0.6 is 0 Å². The van der Waals surface area contributed by atoms with Crippen LogP contribution in [0, 0.1) is 24.1 Å². The molecule has 1 aromatic carbocycles. The lowest BCUT2D eigenvalue weighted by Crippen LogP contribution is -2.24. The smallest absolute Gasteiger partial charge is 0.248 e. The van der Waals surface area contributed by atoms with E-state index in [2.05, 4.69) is 4.72 Å². The molecule has 0 heterocycles. The van der Waals surface area contributed by atoms with Crippen molar-refractivity contribution in [3.05, 3.63) is 29.6 Å². The van der Waals surface area contributed by atoms with Crippen molar-refractivity contribution in [1.29, 1.82) is 5.26 Å². The molecular formula is C10H11FN2O2S. The van der Waals surface area contributed by atoms with Gasteiger partial charge in [-0.05, 0) is 31.5 Å². The Morgan fingerprint density at radius 1 is 1.50 bits per heavy atom. The van der Waals surface area contributed by atoms with Gasteiger partial charge < -0.3 is 0 Å². The third-order valence-electron chi connectivity index (χ3n) is 2.10. The lowest BCUT2D eigenvalue weighted by molar-refractivity contribution is 0.597. The topological polar surface area (TPSA) is 70.0 Å². The molecule has 0 amide bonds. The van der Waals surface area contributed by atoms with Gasteiger partial charge in [0.2, 0.25) is 10.0 Å². The average molecular weight is 242 g/mol. The standard InChI is InChI=1S/C10H11FN2O2S/c1-7-3-4-9(11)5-10(7)13-16(14,15)8(2)6-12/h3-5,8,13H,1-2H3. The quantitative estimate of drug-likeness (QED) is 0.878. The number of rotatable bonds is 3. The molecule has 0 aliphatic rings. The van der Waals surface area contributed by atoms with Crippen LogP contribution in [0.4, 0.5) is 10.1 Å². The summed E-state index contributed by atoms with van der Waals surface area (Å²) in [6.45, 7) is 2.91. The van der Waals surface area contributed by atoms with Crippen molar-refractivity contribution >= 4 is 15.7 Å². The SMILES string of the molecule is Cc1ccc(F)cc1NS(=O)(=O)C(C)C#N. The number of hydrogen-bond donors (Lipinski definition) is 1. The number of nitrogens with zero attached hydrogens (tertiary/aromatic N) is 1. The highest BCUT2D eigenvalue weighted by Crippen LogP contribution is 2.18. The monoisotopic (exact) mass is 242 g/mol. The van der Waals surface area contributed by atoms with Crippen molar-refractivity contribution in [1.82, 2.24) is 0 Å². The first-order chi connectivity index (χ1) is 7.36. The summed E-state index contributed by atoms with van der Waals surface area (Å²) in [5.74, 6) is -0.534. The largest absolute Gasteiger partial charge is 0.282 e. The molecule has 0 radical (unpaired) electrons. The van der Waals surface area contributed by atoms with Crippen molar-refractivity contribution < 1.29 is 12.8 Å². The van der Waals surface area contributed by atoms with E-state index in [1.165, 1.54) is 19.1 Å². The van der Waals surface area contributed by atoms with Crippen LogP contribution in [0.25, 0.3) is 0 Å². The van der Waals surface area contributed by atoms with Crippen molar-refractivity contribution in [3.8, 4) is 6.07 Å². The van der Waals surface area contributed by atoms with Gasteiger partial charge in [-0.25, -0.2) is 12.8 Å². The first-order valence-corrected chi connectivity index (χ1v) is 6.09. The number of nitriles is 1. The Labute approximate surface area is 93.8 Å². The Balaban J connectivity index is 3.07. The minimum absolute atomic E-state index is 0.155. The van der Waals surface area contributed by atoms with E-state index >= 15 is 0 Å². The molecule has 0 aromatic heterocycles. The molecule has 16 heavy (non-hydrogen) atoms. The Kier molecular flexibility index (Phi) is 3.50. The van der Waals surface area contributed by atoms with E-state index in [1.54, 1.807) is 13.0 Å². The molecule has 0 bridgehead atoms. The Morgan fingerprint density at radius 3 is 2.69 bits per heavy atom. The van der Waals surface area contributed by atoms with Crippen molar-refractivity contribution in [2.45, 2.75) is 19.1 Å². The second-order valence-electron chi connectivity index (χ2n) is 3.38. The molecule has 0 aliphatic carbocycles. The van der Waals surface area contributed by atoms with Gasteiger partial charge in [0.05, 0.1) is 11.8 Å². The highest BCUT2D eigenvalue weighted by molar-refractivity contribution is 7.93. The van der Waals surface area contributed by atoms with Crippen molar-refractivity contribution in [2.75, 3.05) is 4.72 Å². The van der Waals surface area contributed by atoms with E-state index in [1.807, 2.05) is 0 Å². The van der Waals surface area contributed by atoms with Crippen LogP contribution in [0.3, 0.4) is 0 Å². The van der Waals surface area contributed by atoms with E-state index in [9.17, 15) is 12.8 Å². The molecule has 0 aliphatic heterocycles. The van der Waals surface area contributed by atoms with Gasteiger partial charge in [-0.1, -0.05) is 6.07 Å². The number of hydrogen-bond acceptors (Lipinski definition) is 3. The zero-order valence-electron chi connectivity index (χ0n) is 8.86. The molecule has 0 saturated heterocycles. The lowest BCUT2D eigenvalue weighted by atomic mass is 10.2. The van der Waals surface area contributed by atoms with Crippen LogP contribution in [-0.2, 0) is 10.0 Å².